The van der Waals surface area contributed by atoms with Gasteiger partial charge in [-0.15, -0.1) is 0 Å². The number of thioether (sulfide) groups is 1. The van der Waals surface area contributed by atoms with Crippen LogP contribution in [0.3, 0.4) is 0 Å². The van der Waals surface area contributed by atoms with Crippen LogP contribution in [-0.4, -0.2) is 41.3 Å². The van der Waals surface area contributed by atoms with Crippen LogP contribution in [-0.2, 0) is 4.79 Å². The summed E-state index contributed by atoms with van der Waals surface area (Å²) >= 11 is 1.42. The fraction of sp³-hybridized carbons (Fsp3) is 0.474. The molecule has 1 aliphatic rings. The van der Waals surface area contributed by atoms with Crippen molar-refractivity contribution < 1.29 is 14.6 Å². The number of phenols is 1. The summed E-state index contributed by atoms with van der Waals surface area (Å²) in [5.74, 6) is 0.478. The minimum absolute atomic E-state index is 0.000685. The lowest BCUT2D eigenvalue weighted by atomic mass is 10.2. The van der Waals surface area contributed by atoms with Crippen molar-refractivity contribution in [3.63, 3.8) is 0 Å². The summed E-state index contributed by atoms with van der Waals surface area (Å²) in [6.07, 6.45) is 5.93. The van der Waals surface area contributed by atoms with Crippen molar-refractivity contribution >= 4 is 28.9 Å². The van der Waals surface area contributed by atoms with Crippen molar-refractivity contribution in [1.82, 2.24) is 4.90 Å². The Morgan fingerprint density at radius 2 is 2.04 bits per heavy atom. The van der Waals surface area contributed by atoms with E-state index in [0.29, 0.717) is 17.2 Å². The molecule has 0 spiro atoms. The molecule has 1 fully saturated rings. The van der Waals surface area contributed by atoms with Crippen LogP contribution >= 0.6 is 11.8 Å². The Morgan fingerprint density at radius 1 is 1.28 bits per heavy atom. The van der Waals surface area contributed by atoms with Crippen molar-refractivity contribution in [2.75, 3.05) is 20.2 Å². The molecule has 1 aromatic rings. The molecule has 0 radical (unpaired) electrons. The maximum Gasteiger partial charge on any atom is 0.266 e. The molecule has 1 aromatic carbocycles. The molecular formula is C19H26N2O3S. The Morgan fingerprint density at radius 3 is 2.72 bits per heavy atom. The monoisotopic (exact) mass is 362 g/mol. The van der Waals surface area contributed by atoms with E-state index < -0.39 is 0 Å². The van der Waals surface area contributed by atoms with E-state index in [-0.39, 0.29) is 11.7 Å². The highest BCUT2D eigenvalue weighted by Gasteiger charge is 2.32. The van der Waals surface area contributed by atoms with Crippen molar-refractivity contribution in [1.29, 1.82) is 0 Å². The number of nitrogens with zero attached hydrogens (tertiary/aromatic N) is 2. The highest BCUT2D eigenvalue weighted by molar-refractivity contribution is 8.18. The third-order valence-electron chi connectivity index (χ3n) is 3.88. The Hall–Kier alpha value is -1.95. The summed E-state index contributed by atoms with van der Waals surface area (Å²) in [6.45, 7) is 5.69. The fourth-order valence-electron chi connectivity index (χ4n) is 2.41. The zero-order valence-electron chi connectivity index (χ0n) is 15.1. The zero-order chi connectivity index (χ0) is 18.2. The topological polar surface area (TPSA) is 62.1 Å². The number of carbonyl (C=O) groups is 1. The quantitative estimate of drug-likeness (QED) is 0.554. The van der Waals surface area contributed by atoms with Crippen LogP contribution in [0, 0.1) is 0 Å². The lowest BCUT2D eigenvalue weighted by Gasteiger charge is -2.14. The molecule has 0 atom stereocenters. The van der Waals surface area contributed by atoms with Gasteiger partial charge in [-0.05, 0) is 48.4 Å². The lowest BCUT2D eigenvalue weighted by molar-refractivity contribution is -0.122. The summed E-state index contributed by atoms with van der Waals surface area (Å²) in [7, 11) is 1.51. The average molecular weight is 362 g/mol. The van der Waals surface area contributed by atoms with Gasteiger partial charge >= 0.3 is 0 Å². The Labute approximate surface area is 153 Å². The van der Waals surface area contributed by atoms with Crippen LogP contribution in [0.1, 0.15) is 45.1 Å². The second-order valence-corrected chi connectivity index (χ2v) is 6.88. The maximum absolute atomic E-state index is 12.8. The predicted molar refractivity (Wildman–Crippen MR) is 104 cm³/mol. The molecule has 0 aromatic heterocycles. The van der Waals surface area contributed by atoms with E-state index >= 15 is 0 Å². The summed E-state index contributed by atoms with van der Waals surface area (Å²) < 4.78 is 5.13. The first-order valence-corrected chi connectivity index (χ1v) is 9.55. The van der Waals surface area contributed by atoms with E-state index in [1.165, 1.54) is 18.9 Å². The molecule has 25 heavy (non-hydrogen) atoms. The van der Waals surface area contributed by atoms with Crippen molar-refractivity contribution in [3.8, 4) is 11.5 Å². The Kier molecular flexibility index (Phi) is 7.37. The van der Waals surface area contributed by atoms with Gasteiger partial charge in [-0.3, -0.25) is 14.7 Å². The van der Waals surface area contributed by atoms with Crippen LogP contribution in [0.25, 0.3) is 6.08 Å². The number of aliphatic imine (C=N–C) groups is 1. The summed E-state index contributed by atoms with van der Waals surface area (Å²) in [6, 6.07) is 5.06. The van der Waals surface area contributed by atoms with E-state index in [0.717, 1.165) is 43.0 Å². The molecule has 1 aliphatic heterocycles. The standard InChI is InChI=1S/C19H26N2O3S/c1-4-6-10-20-19-21(11-7-5-2)18(23)17(25-19)13-14-8-9-15(22)16(12-14)24-3/h8-9,12-13,22H,4-7,10-11H2,1-3H3. The van der Waals surface area contributed by atoms with Crippen molar-refractivity contribution in [2.24, 2.45) is 4.99 Å². The molecule has 1 amide bonds. The van der Waals surface area contributed by atoms with Gasteiger partial charge in [0, 0.05) is 13.1 Å². The van der Waals surface area contributed by atoms with Crippen LogP contribution in [0.4, 0.5) is 0 Å². The van der Waals surface area contributed by atoms with E-state index in [1.54, 1.807) is 23.1 Å². The number of hydrogen-bond acceptors (Lipinski definition) is 5. The Bertz CT molecular complexity index is 671. The Balaban J connectivity index is 2.25. The largest absolute Gasteiger partial charge is 0.504 e. The number of benzene rings is 1. The number of methoxy groups -OCH3 is 1. The van der Waals surface area contributed by atoms with Gasteiger partial charge in [-0.25, -0.2) is 0 Å². The van der Waals surface area contributed by atoms with Gasteiger partial charge in [-0.2, -0.15) is 0 Å². The normalized spacial score (nSPS) is 17.7. The number of aromatic hydroxyl groups is 1. The van der Waals surface area contributed by atoms with Gasteiger partial charge < -0.3 is 9.84 Å². The van der Waals surface area contributed by atoms with Gasteiger partial charge in [0.1, 0.15) is 0 Å². The smallest absolute Gasteiger partial charge is 0.266 e. The SMILES string of the molecule is CCCCN=C1SC(=Cc2ccc(O)c(OC)c2)C(=O)N1CCCC. The van der Waals surface area contributed by atoms with Gasteiger partial charge in [-0.1, -0.05) is 32.8 Å². The fourth-order valence-corrected chi connectivity index (χ4v) is 3.44. The number of carbonyl (C=O) groups excluding carboxylic acids is 1. The molecule has 0 saturated carbocycles. The van der Waals surface area contributed by atoms with Gasteiger partial charge in [0.2, 0.25) is 0 Å². The first-order valence-electron chi connectivity index (χ1n) is 8.73. The van der Waals surface area contributed by atoms with Crippen molar-refractivity contribution in [2.45, 2.75) is 39.5 Å². The molecule has 1 heterocycles. The molecular weight excluding hydrogens is 336 g/mol. The third-order valence-corrected chi connectivity index (χ3v) is 4.93. The molecule has 0 unspecified atom stereocenters. The van der Waals surface area contributed by atoms with Gasteiger partial charge in [0.05, 0.1) is 12.0 Å². The van der Waals surface area contributed by atoms with Gasteiger partial charge in [0.25, 0.3) is 5.91 Å². The highest BCUT2D eigenvalue weighted by Crippen LogP contribution is 2.34. The minimum Gasteiger partial charge on any atom is -0.504 e. The molecule has 136 valence electrons. The number of phenolic OH excluding ortho intramolecular Hbond substituents is 1. The first-order chi connectivity index (χ1) is 12.1. The molecule has 2 rings (SSSR count). The number of rotatable bonds is 8. The molecule has 0 bridgehead atoms. The molecule has 6 heteroatoms. The van der Waals surface area contributed by atoms with E-state index in [2.05, 4.69) is 18.8 Å². The lowest BCUT2D eigenvalue weighted by Crippen LogP contribution is -2.30. The third kappa shape index (κ3) is 5.01. The number of unbranched alkanes of at least 4 members (excludes halogenated alkanes) is 2. The maximum atomic E-state index is 12.8. The van der Waals surface area contributed by atoms with Crippen molar-refractivity contribution in [3.05, 3.63) is 28.7 Å². The second kappa shape index (κ2) is 9.51. The van der Waals surface area contributed by atoms with Crippen LogP contribution in [0.5, 0.6) is 11.5 Å². The average Bonchev–Trinajstić information content (AvgIpc) is 2.90. The molecule has 1 N–H and O–H groups in total. The summed E-state index contributed by atoms with van der Waals surface area (Å²) in [5.41, 5.74) is 0.816. The molecule has 1 saturated heterocycles. The minimum atomic E-state index is 0.000685. The number of amides is 1. The first kappa shape index (κ1) is 19.4. The van der Waals surface area contributed by atoms with Crippen LogP contribution in [0.2, 0.25) is 0 Å². The van der Waals surface area contributed by atoms with E-state index in [1.807, 2.05) is 6.08 Å². The molecule has 5 nitrogen and oxygen atoms in total. The van der Waals surface area contributed by atoms with Crippen LogP contribution < -0.4 is 4.74 Å². The molecule has 0 aliphatic carbocycles. The summed E-state index contributed by atoms with van der Waals surface area (Å²) in [4.78, 5) is 19.8. The predicted octanol–water partition coefficient (Wildman–Crippen LogP) is 4.27. The van der Waals surface area contributed by atoms with Crippen LogP contribution in [0.15, 0.2) is 28.1 Å². The number of hydrogen-bond donors (Lipinski definition) is 1. The number of ether oxygens (including phenoxy) is 1. The highest BCUT2D eigenvalue weighted by atomic mass is 32.2. The van der Waals surface area contributed by atoms with E-state index in [4.69, 9.17) is 4.74 Å². The second-order valence-electron chi connectivity index (χ2n) is 5.87. The van der Waals surface area contributed by atoms with E-state index in [9.17, 15) is 9.90 Å². The zero-order valence-corrected chi connectivity index (χ0v) is 15.9. The number of amidine groups is 1. The van der Waals surface area contributed by atoms with Gasteiger partial charge in [0.15, 0.2) is 16.7 Å². The summed E-state index contributed by atoms with van der Waals surface area (Å²) in [5, 5.41) is 10.5.